The monoisotopic (exact) mass is 470 g/mol. The Kier molecular flexibility index (Phi) is 6.45. The summed E-state index contributed by atoms with van der Waals surface area (Å²) in [5, 5.41) is 16.4. The molecule has 0 aliphatic rings. The van der Waals surface area contributed by atoms with Gasteiger partial charge in [-0.1, -0.05) is 22.8 Å². The number of guanidine groups is 1. The van der Waals surface area contributed by atoms with E-state index in [1.165, 1.54) is 36.5 Å². The van der Waals surface area contributed by atoms with Crippen LogP contribution in [0.4, 0.5) is 14.6 Å². The van der Waals surface area contributed by atoms with Gasteiger partial charge >= 0.3 is 0 Å². The molecule has 0 spiro atoms. The van der Waals surface area contributed by atoms with Gasteiger partial charge in [-0.15, -0.1) is 0 Å². The molecule has 11 heteroatoms. The minimum Gasteiger partial charge on any atom is -0.361 e. The van der Waals surface area contributed by atoms with Crippen molar-refractivity contribution in [3.63, 3.8) is 0 Å². The van der Waals surface area contributed by atoms with Gasteiger partial charge in [-0.2, -0.15) is 5.10 Å². The van der Waals surface area contributed by atoms with Crippen LogP contribution in [0.15, 0.2) is 64.2 Å². The molecule has 2 aromatic heterocycles. The lowest BCUT2D eigenvalue weighted by molar-refractivity contribution is 0.0975. The van der Waals surface area contributed by atoms with E-state index in [-0.39, 0.29) is 28.9 Å². The minimum absolute atomic E-state index is 0.0551. The number of aromatic amines is 1. The second kappa shape index (κ2) is 9.61. The third-order valence-electron chi connectivity index (χ3n) is 4.63. The fourth-order valence-electron chi connectivity index (χ4n) is 2.90. The fourth-order valence-corrected chi connectivity index (χ4v) is 3.13. The van der Waals surface area contributed by atoms with Gasteiger partial charge in [-0.25, -0.2) is 13.8 Å². The molecule has 4 aromatic rings. The van der Waals surface area contributed by atoms with Crippen LogP contribution in [0.5, 0.6) is 0 Å². The van der Waals surface area contributed by atoms with Gasteiger partial charge in [0.2, 0.25) is 5.96 Å². The number of aryl methyl sites for hydroxylation is 1. The van der Waals surface area contributed by atoms with E-state index in [4.69, 9.17) is 16.1 Å². The first kappa shape index (κ1) is 22.2. The summed E-state index contributed by atoms with van der Waals surface area (Å²) in [7, 11) is 0. The SMILES string of the molecule is Cc1oncc1C(=O)NC(=NCc1ccc(F)cc1Cl)Nc1cc(-c2ccc(F)cc2)[nH]n1. The molecule has 0 saturated carbocycles. The summed E-state index contributed by atoms with van der Waals surface area (Å²) in [6.07, 6.45) is 1.29. The highest BCUT2D eigenvalue weighted by Gasteiger charge is 2.16. The van der Waals surface area contributed by atoms with Crippen molar-refractivity contribution in [3.05, 3.63) is 88.3 Å². The van der Waals surface area contributed by atoms with Crippen LogP contribution in [0.25, 0.3) is 11.3 Å². The summed E-state index contributed by atoms with van der Waals surface area (Å²) in [5.41, 5.74) is 2.14. The molecule has 168 valence electrons. The van der Waals surface area contributed by atoms with Crippen molar-refractivity contribution in [1.29, 1.82) is 0 Å². The maximum absolute atomic E-state index is 13.3. The van der Waals surface area contributed by atoms with Gasteiger partial charge in [0.25, 0.3) is 5.91 Å². The molecule has 0 unspecified atom stereocenters. The summed E-state index contributed by atoms with van der Waals surface area (Å²) in [6, 6.07) is 11.5. The predicted molar refractivity (Wildman–Crippen MR) is 119 cm³/mol. The maximum Gasteiger partial charge on any atom is 0.263 e. The molecule has 0 aliphatic heterocycles. The molecule has 2 aromatic carbocycles. The second-order valence-electron chi connectivity index (χ2n) is 6.95. The molecule has 0 radical (unpaired) electrons. The summed E-state index contributed by atoms with van der Waals surface area (Å²) >= 11 is 6.08. The van der Waals surface area contributed by atoms with E-state index in [2.05, 4.69) is 31.0 Å². The van der Waals surface area contributed by atoms with E-state index >= 15 is 0 Å². The maximum atomic E-state index is 13.3. The number of anilines is 1. The Balaban J connectivity index is 1.57. The highest BCUT2D eigenvalue weighted by Crippen LogP contribution is 2.21. The van der Waals surface area contributed by atoms with Gasteiger partial charge in [-0.05, 0) is 54.4 Å². The highest BCUT2D eigenvalue weighted by atomic mass is 35.5. The number of hydrogen-bond donors (Lipinski definition) is 3. The van der Waals surface area contributed by atoms with Crippen molar-refractivity contribution in [3.8, 4) is 11.3 Å². The molecule has 8 nitrogen and oxygen atoms in total. The van der Waals surface area contributed by atoms with E-state index in [1.54, 1.807) is 25.1 Å². The summed E-state index contributed by atoms with van der Waals surface area (Å²) < 4.78 is 31.4. The van der Waals surface area contributed by atoms with Crippen LogP contribution in [-0.2, 0) is 6.54 Å². The van der Waals surface area contributed by atoms with E-state index in [0.717, 1.165) is 5.56 Å². The zero-order valence-electron chi connectivity index (χ0n) is 17.2. The number of carbonyl (C=O) groups is 1. The Bertz CT molecular complexity index is 1320. The van der Waals surface area contributed by atoms with Crippen LogP contribution < -0.4 is 10.6 Å². The topological polar surface area (TPSA) is 108 Å². The highest BCUT2D eigenvalue weighted by molar-refractivity contribution is 6.31. The van der Waals surface area contributed by atoms with Crippen molar-refractivity contribution in [2.24, 2.45) is 4.99 Å². The quantitative estimate of drug-likeness (QED) is 0.289. The van der Waals surface area contributed by atoms with E-state index in [1.807, 2.05) is 0 Å². The normalized spacial score (nSPS) is 11.5. The Morgan fingerprint density at radius 3 is 2.61 bits per heavy atom. The molecular formula is C22H17ClF2N6O2. The number of aromatic nitrogens is 3. The average Bonchev–Trinajstić information content (AvgIpc) is 3.42. The van der Waals surface area contributed by atoms with E-state index in [9.17, 15) is 13.6 Å². The van der Waals surface area contributed by atoms with Crippen molar-refractivity contribution in [1.82, 2.24) is 20.7 Å². The first-order chi connectivity index (χ1) is 15.9. The van der Waals surface area contributed by atoms with Gasteiger partial charge in [-0.3, -0.25) is 15.2 Å². The Labute approximate surface area is 191 Å². The standard InChI is InChI=1S/C22H17ClF2N6O2/c1-12-17(11-27-33-12)21(32)29-22(26-10-14-4-7-16(25)8-18(14)23)28-20-9-19(30-31-20)13-2-5-15(24)6-3-13/h2-9,11H,10H2,1H3,(H3,26,28,29,30,31,32). The minimum atomic E-state index is -0.500. The Morgan fingerprint density at radius 1 is 1.15 bits per heavy atom. The van der Waals surface area contributed by atoms with Crippen molar-refractivity contribution in [2.75, 3.05) is 5.32 Å². The van der Waals surface area contributed by atoms with Crippen LogP contribution in [0, 0.1) is 18.6 Å². The molecular weight excluding hydrogens is 454 g/mol. The Morgan fingerprint density at radius 2 is 1.91 bits per heavy atom. The van der Waals surface area contributed by atoms with Crippen molar-refractivity contribution < 1.29 is 18.1 Å². The molecule has 3 N–H and O–H groups in total. The number of aliphatic imine (C=N–C) groups is 1. The third-order valence-corrected chi connectivity index (χ3v) is 4.98. The lowest BCUT2D eigenvalue weighted by atomic mass is 10.1. The lowest BCUT2D eigenvalue weighted by Gasteiger charge is -2.10. The number of benzene rings is 2. The lowest BCUT2D eigenvalue weighted by Crippen LogP contribution is -2.36. The Hall–Kier alpha value is -4.05. The number of carbonyl (C=O) groups excluding carboxylic acids is 1. The number of halogens is 3. The van der Waals surface area contributed by atoms with Crippen LogP contribution in [-0.4, -0.2) is 27.2 Å². The van der Waals surface area contributed by atoms with Crippen molar-refractivity contribution >= 4 is 29.3 Å². The van der Waals surface area contributed by atoms with E-state index < -0.39 is 11.7 Å². The molecule has 0 atom stereocenters. The van der Waals surface area contributed by atoms with Crippen molar-refractivity contribution in [2.45, 2.75) is 13.5 Å². The summed E-state index contributed by atoms with van der Waals surface area (Å²) in [4.78, 5) is 17.0. The fraction of sp³-hybridized carbons (Fsp3) is 0.0909. The number of nitrogens with one attached hydrogen (secondary N) is 3. The van der Waals surface area contributed by atoms with Gasteiger partial charge in [0, 0.05) is 11.1 Å². The van der Waals surface area contributed by atoms with Gasteiger partial charge < -0.3 is 9.84 Å². The van der Waals surface area contributed by atoms with Crippen LogP contribution in [0.2, 0.25) is 5.02 Å². The summed E-state index contributed by atoms with van der Waals surface area (Å²) in [5.74, 6) is -0.561. The van der Waals surface area contributed by atoms with Crippen LogP contribution in [0.1, 0.15) is 21.7 Å². The molecule has 0 bridgehead atoms. The number of rotatable bonds is 5. The molecule has 0 aliphatic carbocycles. The number of hydrogen-bond acceptors (Lipinski definition) is 5. The molecule has 0 saturated heterocycles. The third kappa shape index (κ3) is 5.42. The van der Waals surface area contributed by atoms with Gasteiger partial charge in [0.05, 0.1) is 18.4 Å². The average molecular weight is 471 g/mol. The summed E-state index contributed by atoms with van der Waals surface area (Å²) in [6.45, 7) is 1.66. The largest absolute Gasteiger partial charge is 0.361 e. The van der Waals surface area contributed by atoms with Gasteiger partial charge in [0.1, 0.15) is 23.0 Å². The second-order valence-corrected chi connectivity index (χ2v) is 7.36. The number of nitrogens with zero attached hydrogens (tertiary/aromatic N) is 3. The zero-order valence-corrected chi connectivity index (χ0v) is 18.0. The number of H-pyrrole nitrogens is 1. The first-order valence-electron chi connectivity index (χ1n) is 9.68. The molecule has 33 heavy (non-hydrogen) atoms. The molecule has 1 amide bonds. The first-order valence-corrected chi connectivity index (χ1v) is 10.1. The smallest absolute Gasteiger partial charge is 0.263 e. The number of amides is 1. The molecule has 0 fully saturated rings. The molecule has 2 heterocycles. The molecule has 4 rings (SSSR count). The van der Waals surface area contributed by atoms with Crippen LogP contribution in [0.3, 0.4) is 0 Å². The van der Waals surface area contributed by atoms with Crippen LogP contribution >= 0.6 is 11.6 Å². The van der Waals surface area contributed by atoms with E-state index in [0.29, 0.717) is 22.8 Å². The zero-order chi connectivity index (χ0) is 23.4. The predicted octanol–water partition coefficient (Wildman–Crippen LogP) is 4.70. The van der Waals surface area contributed by atoms with Gasteiger partial charge in [0.15, 0.2) is 5.82 Å².